The molecule has 2 fully saturated rings. The number of carboxylic acid groups (broad SMARTS) is 1. The number of hydrogen-bond acceptors (Lipinski definition) is 2. The lowest BCUT2D eigenvalue weighted by molar-refractivity contribution is -0.139. The van der Waals surface area contributed by atoms with Crippen LogP contribution in [0, 0.1) is 17.8 Å². The molecule has 14 heavy (non-hydrogen) atoms. The summed E-state index contributed by atoms with van der Waals surface area (Å²) in [5.41, 5.74) is 0. The van der Waals surface area contributed by atoms with Crippen molar-refractivity contribution in [2.75, 3.05) is 13.1 Å². The molecule has 0 spiro atoms. The Bertz CT molecular complexity index is 277. The summed E-state index contributed by atoms with van der Waals surface area (Å²) in [6.45, 7) is 3.15. The van der Waals surface area contributed by atoms with Gasteiger partial charge in [-0.05, 0) is 24.7 Å². The number of carbonyl (C=O) groups is 2. The van der Waals surface area contributed by atoms with Gasteiger partial charge in [0.15, 0.2) is 0 Å². The molecule has 1 amide bonds. The summed E-state index contributed by atoms with van der Waals surface area (Å²) in [7, 11) is 0. The second-order valence-corrected chi connectivity index (χ2v) is 4.36. The number of carbonyl (C=O) groups excluding carboxylic acids is 1. The van der Waals surface area contributed by atoms with Gasteiger partial charge in [-0.3, -0.25) is 9.59 Å². The lowest BCUT2D eigenvalue weighted by atomic mass is 10.0. The van der Waals surface area contributed by atoms with Crippen molar-refractivity contribution >= 4 is 11.9 Å². The van der Waals surface area contributed by atoms with Crippen molar-refractivity contribution in [3.05, 3.63) is 0 Å². The van der Waals surface area contributed by atoms with Crippen molar-refractivity contribution in [2.45, 2.75) is 19.8 Å². The zero-order valence-electron chi connectivity index (χ0n) is 8.27. The summed E-state index contributed by atoms with van der Waals surface area (Å²) in [5.74, 6) is 0.0695. The number of amides is 1. The molecule has 1 saturated carbocycles. The molecule has 78 valence electrons. The summed E-state index contributed by atoms with van der Waals surface area (Å²) in [4.78, 5) is 23.5. The van der Waals surface area contributed by atoms with Gasteiger partial charge in [-0.15, -0.1) is 0 Å². The van der Waals surface area contributed by atoms with Crippen molar-refractivity contribution < 1.29 is 14.7 Å². The third-order valence-corrected chi connectivity index (χ3v) is 3.43. The topological polar surface area (TPSA) is 57.6 Å². The van der Waals surface area contributed by atoms with Gasteiger partial charge in [-0.1, -0.05) is 0 Å². The molecule has 0 bridgehead atoms. The zero-order valence-corrected chi connectivity index (χ0v) is 8.27. The van der Waals surface area contributed by atoms with E-state index in [1.54, 1.807) is 6.92 Å². The van der Waals surface area contributed by atoms with Crippen LogP contribution in [0.15, 0.2) is 0 Å². The first-order chi connectivity index (χ1) is 6.59. The van der Waals surface area contributed by atoms with E-state index < -0.39 is 5.97 Å². The molecule has 4 nitrogen and oxygen atoms in total. The number of aliphatic carboxylic acids is 1. The Hall–Kier alpha value is -1.06. The summed E-state index contributed by atoms with van der Waals surface area (Å²) >= 11 is 0. The third-order valence-electron chi connectivity index (χ3n) is 3.43. The average Bonchev–Trinajstić information content (AvgIpc) is 2.76. The molecular formula is C10H15NO3. The largest absolute Gasteiger partial charge is 0.481 e. The van der Waals surface area contributed by atoms with Gasteiger partial charge >= 0.3 is 5.97 Å². The number of likely N-dealkylation sites (tertiary alicyclic amines) is 1. The van der Waals surface area contributed by atoms with E-state index in [0.29, 0.717) is 11.8 Å². The molecule has 4 heteroatoms. The Morgan fingerprint density at radius 3 is 2.57 bits per heavy atom. The van der Waals surface area contributed by atoms with E-state index in [1.165, 1.54) is 0 Å². The van der Waals surface area contributed by atoms with E-state index in [0.717, 1.165) is 25.9 Å². The van der Waals surface area contributed by atoms with Crippen LogP contribution in [-0.2, 0) is 9.59 Å². The minimum absolute atomic E-state index is 0.111. The smallest absolute Gasteiger partial charge is 0.306 e. The van der Waals surface area contributed by atoms with Crippen LogP contribution < -0.4 is 0 Å². The second-order valence-electron chi connectivity index (χ2n) is 4.36. The number of nitrogens with zero attached hydrogens (tertiary/aromatic N) is 1. The van der Waals surface area contributed by atoms with Crippen molar-refractivity contribution in [1.29, 1.82) is 0 Å². The highest BCUT2D eigenvalue weighted by molar-refractivity contribution is 5.74. The first kappa shape index (κ1) is 9.49. The van der Waals surface area contributed by atoms with E-state index in [9.17, 15) is 9.59 Å². The average molecular weight is 197 g/mol. The minimum Gasteiger partial charge on any atom is -0.481 e. The second kappa shape index (κ2) is 3.26. The van der Waals surface area contributed by atoms with Crippen LogP contribution in [0.5, 0.6) is 0 Å². The van der Waals surface area contributed by atoms with Crippen LogP contribution in [-0.4, -0.2) is 35.0 Å². The van der Waals surface area contributed by atoms with E-state index in [-0.39, 0.29) is 11.8 Å². The Morgan fingerprint density at radius 1 is 1.43 bits per heavy atom. The SMILES string of the molecule is CC(=O)N1CCC([C@@H]2C[C@H]2C(=O)O)C1. The van der Waals surface area contributed by atoms with Gasteiger partial charge in [-0.2, -0.15) is 0 Å². The van der Waals surface area contributed by atoms with Gasteiger partial charge in [-0.25, -0.2) is 0 Å². The number of hydrogen-bond donors (Lipinski definition) is 1. The van der Waals surface area contributed by atoms with Gasteiger partial charge in [0.25, 0.3) is 0 Å². The molecular weight excluding hydrogens is 182 g/mol. The van der Waals surface area contributed by atoms with Gasteiger partial charge < -0.3 is 10.0 Å². The van der Waals surface area contributed by atoms with Gasteiger partial charge in [0, 0.05) is 20.0 Å². The molecule has 1 N–H and O–H groups in total. The molecule has 0 aromatic rings. The Morgan fingerprint density at radius 2 is 2.14 bits per heavy atom. The standard InChI is InChI=1S/C10H15NO3/c1-6(12)11-3-2-7(5-11)8-4-9(8)10(13)14/h7-9H,2-5H2,1H3,(H,13,14)/t7?,8-,9+/m0/s1. The molecule has 2 aliphatic rings. The highest BCUT2D eigenvalue weighted by atomic mass is 16.4. The van der Waals surface area contributed by atoms with E-state index in [1.807, 2.05) is 4.90 Å². The third kappa shape index (κ3) is 1.61. The predicted molar refractivity (Wildman–Crippen MR) is 49.6 cm³/mol. The molecule has 1 heterocycles. The fourth-order valence-electron chi connectivity index (χ4n) is 2.44. The van der Waals surface area contributed by atoms with Crippen LogP contribution >= 0.6 is 0 Å². The van der Waals surface area contributed by atoms with Crippen LogP contribution in [0.25, 0.3) is 0 Å². The van der Waals surface area contributed by atoms with Gasteiger partial charge in [0.05, 0.1) is 5.92 Å². The summed E-state index contributed by atoms with van der Waals surface area (Å²) in [6.07, 6.45) is 1.79. The zero-order chi connectivity index (χ0) is 10.3. The summed E-state index contributed by atoms with van der Waals surface area (Å²) in [6, 6.07) is 0. The maximum atomic E-state index is 11.1. The van der Waals surface area contributed by atoms with Crippen molar-refractivity contribution in [2.24, 2.45) is 17.8 Å². The highest BCUT2D eigenvalue weighted by Gasteiger charge is 2.49. The number of carboxylic acids is 1. The number of rotatable bonds is 2. The molecule has 2 rings (SSSR count). The Balaban J connectivity index is 1.86. The quantitative estimate of drug-likeness (QED) is 0.704. The molecule has 1 saturated heterocycles. The highest BCUT2D eigenvalue weighted by Crippen LogP contribution is 2.47. The van der Waals surface area contributed by atoms with Gasteiger partial charge in [0.1, 0.15) is 0 Å². The Labute approximate surface area is 82.9 Å². The Kier molecular flexibility index (Phi) is 2.21. The molecule has 3 atom stereocenters. The molecule has 1 aliphatic carbocycles. The molecule has 0 radical (unpaired) electrons. The van der Waals surface area contributed by atoms with Crippen LogP contribution in [0.3, 0.4) is 0 Å². The maximum absolute atomic E-state index is 11.1. The van der Waals surface area contributed by atoms with E-state index >= 15 is 0 Å². The van der Waals surface area contributed by atoms with Crippen molar-refractivity contribution in [3.63, 3.8) is 0 Å². The first-order valence-electron chi connectivity index (χ1n) is 5.08. The predicted octanol–water partition coefficient (Wildman–Crippen LogP) is 0.575. The van der Waals surface area contributed by atoms with E-state index in [2.05, 4.69) is 0 Å². The summed E-state index contributed by atoms with van der Waals surface area (Å²) < 4.78 is 0. The lowest BCUT2D eigenvalue weighted by Crippen LogP contribution is -2.26. The lowest BCUT2D eigenvalue weighted by Gasteiger charge is -2.13. The molecule has 0 aromatic carbocycles. The monoisotopic (exact) mass is 197 g/mol. The molecule has 0 aromatic heterocycles. The fourth-order valence-corrected chi connectivity index (χ4v) is 2.44. The van der Waals surface area contributed by atoms with E-state index in [4.69, 9.17) is 5.11 Å². The maximum Gasteiger partial charge on any atom is 0.306 e. The minimum atomic E-state index is -0.670. The summed E-state index contributed by atoms with van der Waals surface area (Å²) in [5, 5.41) is 8.78. The van der Waals surface area contributed by atoms with Crippen LogP contribution in [0.1, 0.15) is 19.8 Å². The normalized spacial score (nSPS) is 35.8. The van der Waals surface area contributed by atoms with Crippen LogP contribution in [0.2, 0.25) is 0 Å². The fraction of sp³-hybridized carbons (Fsp3) is 0.800. The van der Waals surface area contributed by atoms with Gasteiger partial charge in [0.2, 0.25) is 5.91 Å². The van der Waals surface area contributed by atoms with Crippen molar-refractivity contribution in [3.8, 4) is 0 Å². The molecule has 1 unspecified atom stereocenters. The first-order valence-corrected chi connectivity index (χ1v) is 5.08. The van der Waals surface area contributed by atoms with Crippen molar-refractivity contribution in [1.82, 2.24) is 4.90 Å². The van der Waals surface area contributed by atoms with Crippen LogP contribution in [0.4, 0.5) is 0 Å². The molecule has 1 aliphatic heterocycles.